The molecule has 0 saturated carbocycles. The molecular formula is C10H18N2. The van der Waals surface area contributed by atoms with Crippen LogP contribution in [0.3, 0.4) is 0 Å². The Morgan fingerprint density at radius 2 is 2.08 bits per heavy atom. The summed E-state index contributed by atoms with van der Waals surface area (Å²) in [5, 5.41) is 8.52. The van der Waals surface area contributed by atoms with E-state index in [2.05, 4.69) is 17.9 Å². The highest BCUT2D eigenvalue weighted by Gasteiger charge is 2.17. The molecule has 0 unspecified atom stereocenters. The van der Waals surface area contributed by atoms with Crippen molar-refractivity contribution in [3.63, 3.8) is 0 Å². The van der Waals surface area contributed by atoms with Gasteiger partial charge in [-0.25, -0.2) is 0 Å². The largest absolute Gasteiger partial charge is 0.303 e. The number of rotatable bonds is 3. The first-order valence-corrected chi connectivity index (χ1v) is 4.96. The smallest absolute Gasteiger partial charge is 0.0624 e. The van der Waals surface area contributed by atoms with E-state index >= 15 is 0 Å². The fourth-order valence-corrected chi connectivity index (χ4v) is 1.86. The molecular weight excluding hydrogens is 148 g/mol. The lowest BCUT2D eigenvalue weighted by Crippen LogP contribution is -2.34. The molecule has 0 spiro atoms. The van der Waals surface area contributed by atoms with Crippen molar-refractivity contribution in [1.82, 2.24) is 4.90 Å². The van der Waals surface area contributed by atoms with Crippen molar-refractivity contribution in [3.05, 3.63) is 0 Å². The van der Waals surface area contributed by atoms with Gasteiger partial charge in [-0.2, -0.15) is 5.26 Å². The van der Waals surface area contributed by atoms with E-state index in [1.54, 1.807) is 0 Å². The Morgan fingerprint density at radius 1 is 1.42 bits per heavy atom. The second kappa shape index (κ2) is 5.16. The van der Waals surface area contributed by atoms with Gasteiger partial charge in [0.2, 0.25) is 0 Å². The molecule has 0 atom stereocenters. The van der Waals surface area contributed by atoms with Crippen molar-refractivity contribution in [2.75, 3.05) is 19.6 Å². The highest BCUT2D eigenvalue weighted by Crippen LogP contribution is 2.19. The maximum Gasteiger partial charge on any atom is 0.0624 e. The van der Waals surface area contributed by atoms with E-state index in [0.29, 0.717) is 5.92 Å². The number of nitriles is 1. The standard InChI is InChI=1S/C10H18N2/c1-2-7-12-8-4-10(3-6-11)5-9-12/h10H,2-5,7-9H2,1H3. The molecule has 1 rings (SSSR count). The van der Waals surface area contributed by atoms with Crippen LogP contribution in [0.25, 0.3) is 0 Å². The Labute approximate surface area is 75.2 Å². The molecule has 1 fully saturated rings. The second-order valence-electron chi connectivity index (χ2n) is 3.65. The van der Waals surface area contributed by atoms with Crippen LogP contribution >= 0.6 is 0 Å². The van der Waals surface area contributed by atoms with E-state index in [1.165, 1.54) is 38.9 Å². The van der Waals surface area contributed by atoms with Crippen LogP contribution in [0.2, 0.25) is 0 Å². The van der Waals surface area contributed by atoms with Gasteiger partial charge in [-0.05, 0) is 44.8 Å². The van der Waals surface area contributed by atoms with Gasteiger partial charge < -0.3 is 4.90 Å². The van der Waals surface area contributed by atoms with E-state index < -0.39 is 0 Å². The van der Waals surface area contributed by atoms with Crippen LogP contribution in [0, 0.1) is 17.2 Å². The van der Waals surface area contributed by atoms with E-state index in [0.717, 1.165) is 6.42 Å². The van der Waals surface area contributed by atoms with Crippen molar-refractivity contribution in [1.29, 1.82) is 5.26 Å². The molecule has 0 amide bonds. The van der Waals surface area contributed by atoms with Gasteiger partial charge in [-0.3, -0.25) is 0 Å². The highest BCUT2D eigenvalue weighted by molar-refractivity contribution is 4.80. The van der Waals surface area contributed by atoms with Crippen molar-refractivity contribution in [2.45, 2.75) is 32.6 Å². The molecule has 2 nitrogen and oxygen atoms in total. The van der Waals surface area contributed by atoms with Gasteiger partial charge >= 0.3 is 0 Å². The van der Waals surface area contributed by atoms with Crippen molar-refractivity contribution in [3.8, 4) is 6.07 Å². The Bertz CT molecular complexity index is 152. The minimum atomic E-state index is 0.683. The Kier molecular flexibility index (Phi) is 4.10. The summed E-state index contributed by atoms with van der Waals surface area (Å²) in [6, 6.07) is 2.27. The van der Waals surface area contributed by atoms with Crippen LogP contribution in [0.15, 0.2) is 0 Å². The number of nitrogens with zero attached hydrogens (tertiary/aromatic N) is 2. The maximum absolute atomic E-state index is 8.52. The maximum atomic E-state index is 8.52. The van der Waals surface area contributed by atoms with Gasteiger partial charge in [-0.15, -0.1) is 0 Å². The first-order valence-electron chi connectivity index (χ1n) is 4.96. The van der Waals surface area contributed by atoms with Crippen molar-refractivity contribution >= 4 is 0 Å². The van der Waals surface area contributed by atoms with Gasteiger partial charge in [0.15, 0.2) is 0 Å². The molecule has 0 aromatic rings. The van der Waals surface area contributed by atoms with Gasteiger partial charge in [0.05, 0.1) is 6.07 Å². The molecule has 0 aromatic carbocycles. The van der Waals surface area contributed by atoms with E-state index in [4.69, 9.17) is 5.26 Å². The Hall–Kier alpha value is -0.550. The summed E-state index contributed by atoms with van der Waals surface area (Å²) in [4.78, 5) is 2.51. The zero-order valence-electron chi connectivity index (χ0n) is 7.92. The molecule has 2 heteroatoms. The topological polar surface area (TPSA) is 27.0 Å². The fourth-order valence-electron chi connectivity index (χ4n) is 1.86. The molecule has 68 valence electrons. The summed E-state index contributed by atoms with van der Waals surface area (Å²) in [5.41, 5.74) is 0. The van der Waals surface area contributed by atoms with Crippen LogP contribution in [0.5, 0.6) is 0 Å². The number of piperidine rings is 1. The molecule has 1 saturated heterocycles. The fraction of sp³-hybridized carbons (Fsp3) is 0.900. The van der Waals surface area contributed by atoms with Crippen molar-refractivity contribution < 1.29 is 0 Å². The predicted octanol–water partition coefficient (Wildman–Crippen LogP) is 2.02. The summed E-state index contributed by atoms with van der Waals surface area (Å²) in [6.07, 6.45) is 4.48. The summed E-state index contributed by atoms with van der Waals surface area (Å²) in [7, 11) is 0. The quantitative estimate of drug-likeness (QED) is 0.641. The lowest BCUT2D eigenvalue weighted by molar-refractivity contribution is 0.186. The van der Waals surface area contributed by atoms with Gasteiger partial charge in [0.25, 0.3) is 0 Å². The monoisotopic (exact) mass is 166 g/mol. The normalized spacial score (nSPS) is 20.7. The summed E-state index contributed by atoms with van der Waals surface area (Å²) >= 11 is 0. The van der Waals surface area contributed by atoms with Crippen LogP contribution in [0.4, 0.5) is 0 Å². The molecule has 0 radical (unpaired) electrons. The minimum Gasteiger partial charge on any atom is -0.303 e. The average Bonchev–Trinajstić information content (AvgIpc) is 2.09. The van der Waals surface area contributed by atoms with Crippen LogP contribution in [-0.2, 0) is 0 Å². The molecule has 1 aliphatic heterocycles. The van der Waals surface area contributed by atoms with E-state index in [9.17, 15) is 0 Å². The number of hydrogen-bond acceptors (Lipinski definition) is 2. The summed E-state index contributed by atoms with van der Waals surface area (Å²) < 4.78 is 0. The van der Waals surface area contributed by atoms with E-state index in [1.807, 2.05) is 0 Å². The lowest BCUT2D eigenvalue weighted by atomic mass is 9.94. The minimum absolute atomic E-state index is 0.683. The Balaban J connectivity index is 2.16. The SMILES string of the molecule is CCCN1CCC(CC#N)CC1. The van der Waals surface area contributed by atoms with Gasteiger partial charge in [0.1, 0.15) is 0 Å². The van der Waals surface area contributed by atoms with Crippen LogP contribution in [-0.4, -0.2) is 24.5 Å². The third kappa shape index (κ3) is 2.83. The van der Waals surface area contributed by atoms with E-state index in [-0.39, 0.29) is 0 Å². The molecule has 0 aliphatic carbocycles. The van der Waals surface area contributed by atoms with Crippen LogP contribution < -0.4 is 0 Å². The molecule has 1 aliphatic rings. The summed E-state index contributed by atoms with van der Waals surface area (Å²) in [6.45, 7) is 5.88. The zero-order valence-corrected chi connectivity index (χ0v) is 7.92. The van der Waals surface area contributed by atoms with Gasteiger partial charge in [0, 0.05) is 6.42 Å². The molecule has 1 heterocycles. The zero-order chi connectivity index (χ0) is 8.81. The van der Waals surface area contributed by atoms with Crippen molar-refractivity contribution in [2.24, 2.45) is 5.92 Å². The van der Waals surface area contributed by atoms with Gasteiger partial charge in [-0.1, -0.05) is 6.92 Å². The second-order valence-corrected chi connectivity index (χ2v) is 3.65. The summed E-state index contributed by atoms with van der Waals surface area (Å²) in [5.74, 6) is 0.683. The highest BCUT2D eigenvalue weighted by atomic mass is 15.1. The first-order chi connectivity index (χ1) is 5.86. The Morgan fingerprint density at radius 3 is 2.58 bits per heavy atom. The molecule has 0 N–H and O–H groups in total. The molecule has 0 aromatic heterocycles. The average molecular weight is 166 g/mol. The third-order valence-electron chi connectivity index (χ3n) is 2.63. The predicted molar refractivity (Wildman–Crippen MR) is 49.7 cm³/mol. The molecule has 0 bridgehead atoms. The van der Waals surface area contributed by atoms with Crippen LogP contribution in [0.1, 0.15) is 32.6 Å². The lowest BCUT2D eigenvalue weighted by Gasteiger charge is -2.30. The third-order valence-corrected chi connectivity index (χ3v) is 2.63. The first kappa shape index (κ1) is 9.54. The number of likely N-dealkylation sites (tertiary alicyclic amines) is 1. The number of hydrogen-bond donors (Lipinski definition) is 0. The molecule has 12 heavy (non-hydrogen) atoms.